The summed E-state index contributed by atoms with van der Waals surface area (Å²) < 4.78 is 0. The van der Waals surface area contributed by atoms with Crippen molar-refractivity contribution in [3.05, 3.63) is 46.1 Å². The molecular formula is C13H15ClN4. The van der Waals surface area contributed by atoms with E-state index in [0.717, 1.165) is 22.8 Å². The predicted molar refractivity (Wildman–Crippen MR) is 72.8 cm³/mol. The molecule has 94 valence electrons. The molecule has 0 radical (unpaired) electrons. The number of nitrogens with zero attached hydrogens (tertiary/aromatic N) is 3. The maximum Gasteiger partial charge on any atom is 0.171 e. The molecule has 18 heavy (non-hydrogen) atoms. The van der Waals surface area contributed by atoms with E-state index in [-0.39, 0.29) is 0 Å². The van der Waals surface area contributed by atoms with Crippen molar-refractivity contribution < 1.29 is 0 Å². The Morgan fingerprint density at radius 2 is 1.78 bits per heavy atom. The topological polar surface area (TPSA) is 50.7 Å². The zero-order valence-electron chi connectivity index (χ0n) is 10.7. The smallest absolute Gasteiger partial charge is 0.171 e. The SMILES string of the molecule is Cc1cccc(CNc2nc(C)c(C)nc2Cl)n1. The second kappa shape index (κ2) is 5.31. The van der Waals surface area contributed by atoms with Gasteiger partial charge in [0.15, 0.2) is 11.0 Å². The second-order valence-electron chi connectivity index (χ2n) is 4.16. The van der Waals surface area contributed by atoms with E-state index >= 15 is 0 Å². The van der Waals surface area contributed by atoms with Crippen LogP contribution in [-0.2, 0) is 6.54 Å². The molecule has 0 amide bonds. The van der Waals surface area contributed by atoms with Crippen LogP contribution in [0.2, 0.25) is 5.15 Å². The number of rotatable bonds is 3. The average Bonchev–Trinajstić information content (AvgIpc) is 2.32. The van der Waals surface area contributed by atoms with Gasteiger partial charge in [-0.1, -0.05) is 17.7 Å². The molecule has 0 bridgehead atoms. The van der Waals surface area contributed by atoms with Crippen molar-refractivity contribution in [1.82, 2.24) is 15.0 Å². The summed E-state index contributed by atoms with van der Waals surface area (Å²) in [6, 6.07) is 5.90. The highest BCUT2D eigenvalue weighted by molar-refractivity contribution is 6.31. The van der Waals surface area contributed by atoms with Gasteiger partial charge in [0, 0.05) is 5.69 Å². The first-order chi connectivity index (χ1) is 8.56. The Labute approximate surface area is 111 Å². The van der Waals surface area contributed by atoms with Gasteiger partial charge >= 0.3 is 0 Å². The standard InChI is InChI=1S/C13H15ClN4/c1-8-5-4-6-11(16-8)7-15-13-12(14)17-9(2)10(3)18-13/h4-6H,7H2,1-3H3,(H,15,18). The molecule has 0 aliphatic heterocycles. The number of pyridine rings is 1. The molecule has 0 atom stereocenters. The van der Waals surface area contributed by atoms with Gasteiger partial charge in [0.25, 0.3) is 0 Å². The average molecular weight is 263 g/mol. The van der Waals surface area contributed by atoms with Gasteiger partial charge < -0.3 is 5.32 Å². The highest BCUT2D eigenvalue weighted by Crippen LogP contribution is 2.18. The quantitative estimate of drug-likeness (QED) is 0.924. The van der Waals surface area contributed by atoms with Crippen LogP contribution in [0.1, 0.15) is 22.8 Å². The molecule has 1 N–H and O–H groups in total. The van der Waals surface area contributed by atoms with Crippen LogP contribution in [0.5, 0.6) is 0 Å². The summed E-state index contributed by atoms with van der Waals surface area (Å²) in [6.45, 7) is 6.35. The fourth-order valence-electron chi connectivity index (χ4n) is 1.56. The highest BCUT2D eigenvalue weighted by Gasteiger charge is 2.06. The normalized spacial score (nSPS) is 10.4. The molecule has 2 aromatic heterocycles. The van der Waals surface area contributed by atoms with E-state index in [1.165, 1.54) is 0 Å². The van der Waals surface area contributed by atoms with E-state index in [2.05, 4.69) is 20.3 Å². The van der Waals surface area contributed by atoms with Crippen molar-refractivity contribution in [2.45, 2.75) is 27.3 Å². The van der Waals surface area contributed by atoms with Gasteiger partial charge in [-0.15, -0.1) is 0 Å². The van der Waals surface area contributed by atoms with Crippen molar-refractivity contribution in [3.63, 3.8) is 0 Å². The molecule has 0 saturated heterocycles. The Balaban J connectivity index is 2.13. The first-order valence-electron chi connectivity index (χ1n) is 5.73. The van der Waals surface area contributed by atoms with Crippen LogP contribution >= 0.6 is 11.6 Å². The third-order valence-electron chi connectivity index (χ3n) is 2.65. The number of hydrogen-bond donors (Lipinski definition) is 1. The van der Waals surface area contributed by atoms with Crippen LogP contribution in [-0.4, -0.2) is 15.0 Å². The van der Waals surface area contributed by atoms with E-state index in [9.17, 15) is 0 Å². The Hall–Kier alpha value is -1.68. The van der Waals surface area contributed by atoms with Gasteiger partial charge in [-0.2, -0.15) is 0 Å². The van der Waals surface area contributed by atoms with Gasteiger partial charge in [-0.25, -0.2) is 9.97 Å². The lowest BCUT2D eigenvalue weighted by molar-refractivity contribution is 0.978. The molecule has 4 nitrogen and oxygen atoms in total. The zero-order chi connectivity index (χ0) is 13.1. The van der Waals surface area contributed by atoms with Crippen LogP contribution in [0, 0.1) is 20.8 Å². The molecule has 0 spiro atoms. The summed E-state index contributed by atoms with van der Waals surface area (Å²) in [5.74, 6) is 0.600. The summed E-state index contributed by atoms with van der Waals surface area (Å²) >= 11 is 6.04. The number of aromatic nitrogens is 3. The Bertz CT molecular complexity index is 569. The third-order valence-corrected chi connectivity index (χ3v) is 2.91. The number of hydrogen-bond acceptors (Lipinski definition) is 4. The van der Waals surface area contributed by atoms with E-state index in [1.807, 2.05) is 39.0 Å². The van der Waals surface area contributed by atoms with E-state index < -0.39 is 0 Å². The van der Waals surface area contributed by atoms with Crippen molar-refractivity contribution in [2.24, 2.45) is 0 Å². The van der Waals surface area contributed by atoms with E-state index in [1.54, 1.807) is 0 Å². The van der Waals surface area contributed by atoms with Crippen LogP contribution in [0.4, 0.5) is 5.82 Å². The monoisotopic (exact) mass is 262 g/mol. The minimum Gasteiger partial charge on any atom is -0.362 e. The Kier molecular flexibility index (Phi) is 3.77. The fraction of sp³-hybridized carbons (Fsp3) is 0.308. The number of halogens is 1. The Morgan fingerprint density at radius 3 is 2.50 bits per heavy atom. The largest absolute Gasteiger partial charge is 0.362 e. The van der Waals surface area contributed by atoms with Crippen LogP contribution in [0.25, 0.3) is 0 Å². The maximum atomic E-state index is 6.04. The van der Waals surface area contributed by atoms with Gasteiger partial charge in [-0.3, -0.25) is 4.98 Å². The van der Waals surface area contributed by atoms with Gasteiger partial charge in [-0.05, 0) is 32.9 Å². The van der Waals surface area contributed by atoms with Gasteiger partial charge in [0.05, 0.1) is 23.6 Å². The first-order valence-corrected chi connectivity index (χ1v) is 6.11. The van der Waals surface area contributed by atoms with Crippen molar-refractivity contribution in [1.29, 1.82) is 0 Å². The minimum atomic E-state index is 0.394. The second-order valence-corrected chi connectivity index (χ2v) is 4.52. The van der Waals surface area contributed by atoms with E-state index in [4.69, 9.17) is 11.6 Å². The minimum absolute atomic E-state index is 0.394. The Morgan fingerprint density at radius 1 is 1.06 bits per heavy atom. The van der Waals surface area contributed by atoms with Crippen LogP contribution < -0.4 is 5.32 Å². The van der Waals surface area contributed by atoms with Crippen LogP contribution in [0.15, 0.2) is 18.2 Å². The highest BCUT2D eigenvalue weighted by atomic mass is 35.5. The molecule has 5 heteroatoms. The molecule has 0 saturated carbocycles. The summed E-state index contributed by atoms with van der Waals surface area (Å²) in [4.78, 5) is 13.0. The summed E-state index contributed by atoms with van der Waals surface area (Å²) in [7, 11) is 0. The number of nitrogens with one attached hydrogen (secondary N) is 1. The zero-order valence-corrected chi connectivity index (χ0v) is 11.4. The molecule has 0 aliphatic carbocycles. The number of anilines is 1. The summed E-state index contributed by atoms with van der Waals surface area (Å²) in [6.07, 6.45) is 0. The maximum absolute atomic E-state index is 6.04. The molecule has 2 heterocycles. The molecule has 0 fully saturated rings. The number of aryl methyl sites for hydroxylation is 3. The summed E-state index contributed by atoms with van der Waals surface area (Å²) in [5, 5.41) is 3.55. The molecule has 0 unspecified atom stereocenters. The van der Waals surface area contributed by atoms with Crippen molar-refractivity contribution >= 4 is 17.4 Å². The third kappa shape index (κ3) is 2.96. The van der Waals surface area contributed by atoms with Crippen molar-refractivity contribution in [2.75, 3.05) is 5.32 Å². The van der Waals surface area contributed by atoms with Gasteiger partial charge in [0.2, 0.25) is 0 Å². The lowest BCUT2D eigenvalue weighted by Gasteiger charge is -2.09. The van der Waals surface area contributed by atoms with E-state index in [0.29, 0.717) is 17.5 Å². The predicted octanol–water partition coefficient (Wildman–Crippen LogP) is 3.06. The fourth-order valence-corrected chi connectivity index (χ4v) is 1.80. The van der Waals surface area contributed by atoms with Crippen molar-refractivity contribution in [3.8, 4) is 0 Å². The van der Waals surface area contributed by atoms with Gasteiger partial charge in [0.1, 0.15) is 0 Å². The van der Waals surface area contributed by atoms with Crippen LogP contribution in [0.3, 0.4) is 0 Å². The molecule has 0 aromatic carbocycles. The first kappa shape index (κ1) is 12.8. The molecule has 2 rings (SSSR count). The molecule has 0 aliphatic rings. The molecule has 2 aromatic rings. The lowest BCUT2D eigenvalue weighted by atomic mass is 10.3. The summed E-state index contributed by atoms with van der Waals surface area (Å²) in [5.41, 5.74) is 3.66. The molecular weight excluding hydrogens is 248 g/mol. The lowest BCUT2D eigenvalue weighted by Crippen LogP contribution is -2.06.